The molecule has 1 saturated carbocycles. The summed E-state index contributed by atoms with van der Waals surface area (Å²) in [4.78, 5) is 33.6. The molecule has 0 bridgehead atoms. The number of H-pyrrole nitrogens is 1. The number of aromatic nitrogens is 1. The quantitative estimate of drug-likeness (QED) is 0.233. The largest absolute Gasteiger partial charge is 0.497 e. The van der Waals surface area contributed by atoms with Crippen molar-refractivity contribution in [2.24, 2.45) is 0 Å². The van der Waals surface area contributed by atoms with Gasteiger partial charge in [0.1, 0.15) is 23.3 Å². The SMILES string of the molecule is COc1ccc(CN(C(=O)Cc2c[nH]c3ccccc23)C(C(=O)NC2CCCCC2)c2ccc(OC)cc2OC)cc1. The average molecular weight is 570 g/mol. The molecule has 0 spiro atoms. The van der Waals surface area contributed by atoms with Crippen molar-refractivity contribution in [3.8, 4) is 17.2 Å². The Kier molecular flexibility index (Phi) is 9.31. The predicted octanol–water partition coefficient (Wildman–Crippen LogP) is 5.96. The number of nitrogens with one attached hydrogen (secondary N) is 2. The smallest absolute Gasteiger partial charge is 0.247 e. The highest BCUT2D eigenvalue weighted by molar-refractivity contribution is 5.93. The third-order valence-electron chi connectivity index (χ3n) is 8.10. The van der Waals surface area contributed by atoms with Gasteiger partial charge < -0.3 is 29.4 Å². The zero-order valence-corrected chi connectivity index (χ0v) is 24.5. The summed E-state index contributed by atoms with van der Waals surface area (Å²) in [7, 11) is 4.77. The number of ether oxygens (including phenoxy) is 3. The van der Waals surface area contributed by atoms with Crippen molar-refractivity contribution in [1.29, 1.82) is 0 Å². The molecule has 0 aliphatic heterocycles. The van der Waals surface area contributed by atoms with Gasteiger partial charge in [-0.15, -0.1) is 0 Å². The normalized spacial score (nSPS) is 14.3. The third-order valence-corrected chi connectivity index (χ3v) is 8.10. The molecule has 220 valence electrons. The van der Waals surface area contributed by atoms with Crippen LogP contribution in [-0.2, 0) is 22.6 Å². The average Bonchev–Trinajstić information content (AvgIpc) is 3.44. The van der Waals surface area contributed by atoms with Crippen molar-refractivity contribution < 1.29 is 23.8 Å². The molecule has 1 atom stereocenters. The number of methoxy groups -OCH3 is 3. The van der Waals surface area contributed by atoms with E-state index >= 15 is 0 Å². The summed E-state index contributed by atoms with van der Waals surface area (Å²) in [6.07, 6.45) is 7.20. The van der Waals surface area contributed by atoms with Crippen LogP contribution in [0.5, 0.6) is 17.2 Å². The van der Waals surface area contributed by atoms with Crippen molar-refractivity contribution >= 4 is 22.7 Å². The maximum Gasteiger partial charge on any atom is 0.247 e. The first kappa shape index (κ1) is 29.0. The molecule has 1 aliphatic carbocycles. The Morgan fingerprint density at radius 1 is 0.905 bits per heavy atom. The number of nitrogens with zero attached hydrogens (tertiary/aromatic N) is 1. The van der Waals surface area contributed by atoms with E-state index in [2.05, 4.69) is 10.3 Å². The molecule has 0 saturated heterocycles. The number of carbonyl (C=O) groups is 2. The minimum Gasteiger partial charge on any atom is -0.497 e. The summed E-state index contributed by atoms with van der Waals surface area (Å²) in [6, 6.07) is 20.0. The van der Waals surface area contributed by atoms with Crippen molar-refractivity contribution in [2.75, 3.05) is 21.3 Å². The van der Waals surface area contributed by atoms with E-state index in [-0.39, 0.29) is 30.8 Å². The first-order valence-electron chi connectivity index (χ1n) is 14.5. The molecule has 5 rings (SSSR count). The summed E-state index contributed by atoms with van der Waals surface area (Å²) in [5, 5.41) is 4.27. The molecule has 2 amide bonds. The Morgan fingerprint density at radius 3 is 2.33 bits per heavy atom. The molecule has 2 N–H and O–H groups in total. The van der Waals surface area contributed by atoms with E-state index in [1.807, 2.05) is 60.8 Å². The Labute approximate surface area is 247 Å². The molecule has 1 aromatic heterocycles. The fourth-order valence-corrected chi connectivity index (χ4v) is 5.82. The van der Waals surface area contributed by atoms with E-state index in [1.54, 1.807) is 38.4 Å². The fraction of sp³-hybridized carbons (Fsp3) is 0.353. The lowest BCUT2D eigenvalue weighted by molar-refractivity contribution is -0.141. The van der Waals surface area contributed by atoms with Crippen LogP contribution in [0.15, 0.2) is 72.9 Å². The van der Waals surface area contributed by atoms with Gasteiger partial charge >= 0.3 is 0 Å². The van der Waals surface area contributed by atoms with Gasteiger partial charge in [0.15, 0.2) is 0 Å². The van der Waals surface area contributed by atoms with Gasteiger partial charge in [-0.05, 0) is 54.3 Å². The highest BCUT2D eigenvalue weighted by Crippen LogP contribution is 2.35. The first-order chi connectivity index (χ1) is 20.5. The topological polar surface area (TPSA) is 92.9 Å². The molecule has 8 heteroatoms. The molecule has 8 nitrogen and oxygen atoms in total. The molecule has 0 radical (unpaired) electrons. The van der Waals surface area contributed by atoms with Gasteiger partial charge in [-0.25, -0.2) is 0 Å². The maximum atomic E-state index is 14.4. The second-order valence-electron chi connectivity index (χ2n) is 10.8. The number of carbonyl (C=O) groups excluding carboxylic acids is 2. The number of para-hydroxylation sites is 1. The van der Waals surface area contributed by atoms with Crippen LogP contribution >= 0.6 is 0 Å². The van der Waals surface area contributed by atoms with Gasteiger partial charge in [-0.2, -0.15) is 0 Å². The number of fused-ring (bicyclic) bond motifs is 1. The molecule has 4 aromatic rings. The Morgan fingerprint density at radius 2 is 1.62 bits per heavy atom. The van der Waals surface area contributed by atoms with Crippen LogP contribution in [0, 0.1) is 0 Å². The molecule has 1 aliphatic rings. The molecule has 3 aromatic carbocycles. The minimum absolute atomic E-state index is 0.0737. The van der Waals surface area contributed by atoms with Crippen LogP contribution in [0.4, 0.5) is 0 Å². The van der Waals surface area contributed by atoms with E-state index in [0.717, 1.165) is 53.5 Å². The minimum atomic E-state index is -0.924. The van der Waals surface area contributed by atoms with E-state index in [4.69, 9.17) is 14.2 Å². The molecule has 1 heterocycles. The molecular weight excluding hydrogens is 530 g/mol. The molecule has 42 heavy (non-hydrogen) atoms. The number of hydrogen-bond acceptors (Lipinski definition) is 5. The number of rotatable bonds is 11. The van der Waals surface area contributed by atoms with Crippen LogP contribution in [0.2, 0.25) is 0 Å². The second kappa shape index (κ2) is 13.5. The van der Waals surface area contributed by atoms with Crippen LogP contribution < -0.4 is 19.5 Å². The van der Waals surface area contributed by atoms with Gasteiger partial charge in [0.25, 0.3) is 0 Å². The zero-order valence-electron chi connectivity index (χ0n) is 24.5. The number of benzene rings is 3. The van der Waals surface area contributed by atoms with Crippen molar-refractivity contribution in [3.63, 3.8) is 0 Å². The lowest BCUT2D eigenvalue weighted by atomic mass is 9.94. The summed E-state index contributed by atoms with van der Waals surface area (Å²) in [5.41, 5.74) is 3.33. The summed E-state index contributed by atoms with van der Waals surface area (Å²) in [5.74, 6) is 1.42. The van der Waals surface area contributed by atoms with Crippen LogP contribution in [0.3, 0.4) is 0 Å². The predicted molar refractivity (Wildman–Crippen MR) is 163 cm³/mol. The van der Waals surface area contributed by atoms with Gasteiger partial charge in [-0.3, -0.25) is 9.59 Å². The van der Waals surface area contributed by atoms with Crippen molar-refractivity contribution in [3.05, 3.63) is 89.6 Å². The van der Waals surface area contributed by atoms with E-state index in [9.17, 15) is 9.59 Å². The van der Waals surface area contributed by atoms with E-state index < -0.39 is 6.04 Å². The van der Waals surface area contributed by atoms with Gasteiger partial charge in [0.2, 0.25) is 11.8 Å². The third kappa shape index (κ3) is 6.54. The zero-order chi connectivity index (χ0) is 29.5. The van der Waals surface area contributed by atoms with Crippen LogP contribution in [0.25, 0.3) is 10.9 Å². The fourth-order valence-electron chi connectivity index (χ4n) is 5.82. The van der Waals surface area contributed by atoms with Gasteiger partial charge in [0, 0.05) is 41.3 Å². The second-order valence-corrected chi connectivity index (χ2v) is 10.8. The van der Waals surface area contributed by atoms with Crippen molar-refractivity contribution in [1.82, 2.24) is 15.2 Å². The standard InChI is InChI=1S/C34H39N3O5/c1-40-26-15-13-23(14-16-26)22-37(32(38)19-24-21-35-30-12-8-7-11-28(24)30)33(34(39)36-25-9-5-4-6-10-25)29-18-17-27(41-2)20-31(29)42-3/h7-8,11-18,20-21,25,33,35H,4-6,9-10,19,22H2,1-3H3,(H,36,39). The van der Waals surface area contributed by atoms with Gasteiger partial charge in [-0.1, -0.05) is 49.6 Å². The van der Waals surface area contributed by atoms with Crippen molar-refractivity contribution in [2.45, 2.75) is 57.2 Å². The summed E-state index contributed by atoms with van der Waals surface area (Å²) >= 11 is 0. The van der Waals surface area contributed by atoms with E-state index in [0.29, 0.717) is 17.1 Å². The van der Waals surface area contributed by atoms with Crippen LogP contribution in [-0.4, -0.2) is 49.1 Å². The first-order valence-corrected chi connectivity index (χ1v) is 14.5. The Bertz CT molecular complexity index is 1510. The Balaban J connectivity index is 1.57. The van der Waals surface area contributed by atoms with Crippen LogP contribution in [0.1, 0.15) is 54.8 Å². The number of hydrogen-bond donors (Lipinski definition) is 2. The maximum absolute atomic E-state index is 14.4. The monoisotopic (exact) mass is 569 g/mol. The lowest BCUT2D eigenvalue weighted by Crippen LogP contribution is -2.47. The van der Waals surface area contributed by atoms with E-state index in [1.165, 1.54) is 6.42 Å². The number of aromatic amines is 1. The Hall–Kier alpha value is -4.46. The number of amides is 2. The highest BCUT2D eigenvalue weighted by atomic mass is 16.5. The highest BCUT2D eigenvalue weighted by Gasteiger charge is 2.35. The summed E-state index contributed by atoms with van der Waals surface area (Å²) < 4.78 is 16.5. The molecular formula is C34H39N3O5. The molecule has 1 unspecified atom stereocenters. The molecule has 1 fully saturated rings. The lowest BCUT2D eigenvalue weighted by Gasteiger charge is -2.34. The summed E-state index contributed by atoms with van der Waals surface area (Å²) in [6.45, 7) is 0.225. The van der Waals surface area contributed by atoms with Gasteiger partial charge in [0.05, 0.1) is 27.8 Å².